The summed E-state index contributed by atoms with van der Waals surface area (Å²) in [5.74, 6) is 0.603. The van der Waals surface area contributed by atoms with Gasteiger partial charge in [-0.2, -0.15) is 5.26 Å². The molecule has 0 atom stereocenters. The maximum atomic E-state index is 9.02. The predicted octanol–water partition coefficient (Wildman–Crippen LogP) is 1.48. The Morgan fingerprint density at radius 1 is 1.38 bits per heavy atom. The average Bonchev–Trinajstić information content (AvgIpc) is 2.35. The number of aromatic nitrogens is 1. The maximum Gasteiger partial charge on any atom is 0.144 e. The summed E-state index contributed by atoms with van der Waals surface area (Å²) in [6, 6.07) is 11.7. The Balaban J connectivity index is 2.50. The van der Waals surface area contributed by atoms with Crippen LogP contribution in [0.15, 0.2) is 30.3 Å². The van der Waals surface area contributed by atoms with E-state index in [0.717, 1.165) is 10.9 Å². The van der Waals surface area contributed by atoms with Gasteiger partial charge in [-0.15, -0.1) is 0 Å². The van der Waals surface area contributed by atoms with E-state index in [0.29, 0.717) is 24.5 Å². The maximum absolute atomic E-state index is 9.02. The molecule has 0 radical (unpaired) electrons. The minimum Gasteiger partial charge on any atom is -0.368 e. The van der Waals surface area contributed by atoms with Gasteiger partial charge in [-0.25, -0.2) is 4.98 Å². The minimum absolute atomic E-state index is 0.513. The topological polar surface area (TPSA) is 74.7 Å². The molecule has 0 bridgehead atoms. The Bertz CT molecular complexity index is 542. The number of nitrogens with zero attached hydrogens (tertiary/aromatic N) is 2. The molecule has 0 saturated carbocycles. The summed E-state index contributed by atoms with van der Waals surface area (Å²) in [5, 5.41) is 13.0. The SMILES string of the molecule is N#Cc1cc2ccccc2nc1NCCN. The lowest BCUT2D eigenvalue weighted by molar-refractivity contribution is 1.01. The van der Waals surface area contributed by atoms with E-state index in [2.05, 4.69) is 16.4 Å². The van der Waals surface area contributed by atoms with E-state index in [1.165, 1.54) is 0 Å². The van der Waals surface area contributed by atoms with Crippen molar-refractivity contribution in [3.05, 3.63) is 35.9 Å². The number of benzene rings is 1. The zero-order valence-electron chi connectivity index (χ0n) is 8.77. The highest BCUT2D eigenvalue weighted by molar-refractivity contribution is 5.82. The van der Waals surface area contributed by atoms with Crippen molar-refractivity contribution in [3.63, 3.8) is 0 Å². The Labute approximate surface area is 93.7 Å². The van der Waals surface area contributed by atoms with Gasteiger partial charge in [0.2, 0.25) is 0 Å². The first-order valence-electron chi connectivity index (χ1n) is 5.09. The molecule has 0 spiro atoms. The van der Waals surface area contributed by atoms with Gasteiger partial charge in [-0.3, -0.25) is 0 Å². The van der Waals surface area contributed by atoms with Gasteiger partial charge in [0.05, 0.1) is 11.1 Å². The van der Waals surface area contributed by atoms with Crippen molar-refractivity contribution in [2.45, 2.75) is 0 Å². The summed E-state index contributed by atoms with van der Waals surface area (Å²) in [6.07, 6.45) is 0. The number of fused-ring (bicyclic) bond motifs is 1. The van der Waals surface area contributed by atoms with Crippen LogP contribution >= 0.6 is 0 Å². The molecule has 2 aromatic rings. The summed E-state index contributed by atoms with van der Waals surface area (Å²) in [6.45, 7) is 1.12. The smallest absolute Gasteiger partial charge is 0.144 e. The largest absolute Gasteiger partial charge is 0.368 e. The molecule has 0 saturated heterocycles. The number of pyridine rings is 1. The van der Waals surface area contributed by atoms with Crippen molar-refractivity contribution >= 4 is 16.7 Å². The van der Waals surface area contributed by atoms with Gasteiger partial charge in [0.1, 0.15) is 11.9 Å². The van der Waals surface area contributed by atoms with E-state index >= 15 is 0 Å². The molecular formula is C12H12N4. The van der Waals surface area contributed by atoms with Crippen molar-refractivity contribution in [1.29, 1.82) is 5.26 Å². The van der Waals surface area contributed by atoms with E-state index in [1.54, 1.807) is 0 Å². The van der Waals surface area contributed by atoms with Crippen molar-refractivity contribution in [2.24, 2.45) is 5.73 Å². The second-order valence-electron chi connectivity index (χ2n) is 3.40. The molecule has 1 aromatic heterocycles. The van der Waals surface area contributed by atoms with E-state index in [1.807, 2.05) is 30.3 Å². The normalized spacial score (nSPS) is 10.0. The first kappa shape index (κ1) is 10.4. The average molecular weight is 212 g/mol. The highest BCUT2D eigenvalue weighted by Gasteiger charge is 2.04. The van der Waals surface area contributed by atoms with Gasteiger partial charge in [0.25, 0.3) is 0 Å². The van der Waals surface area contributed by atoms with Crippen LogP contribution < -0.4 is 11.1 Å². The standard InChI is InChI=1S/C12H12N4/c13-5-6-15-12-10(8-14)7-9-3-1-2-4-11(9)16-12/h1-4,7H,5-6,13H2,(H,15,16). The van der Waals surface area contributed by atoms with E-state index in [4.69, 9.17) is 11.0 Å². The lowest BCUT2D eigenvalue weighted by Crippen LogP contribution is -2.14. The van der Waals surface area contributed by atoms with Crippen LogP contribution in [0, 0.1) is 11.3 Å². The fourth-order valence-corrected chi connectivity index (χ4v) is 1.53. The van der Waals surface area contributed by atoms with Crippen molar-refractivity contribution < 1.29 is 0 Å². The van der Waals surface area contributed by atoms with Crippen LogP contribution in [-0.2, 0) is 0 Å². The molecule has 4 nitrogen and oxygen atoms in total. The number of nitrogens with one attached hydrogen (secondary N) is 1. The van der Waals surface area contributed by atoms with Crippen molar-refractivity contribution in [1.82, 2.24) is 4.98 Å². The number of nitriles is 1. The summed E-state index contributed by atoms with van der Waals surface area (Å²) >= 11 is 0. The molecule has 1 aromatic carbocycles. The first-order valence-corrected chi connectivity index (χ1v) is 5.09. The molecule has 3 N–H and O–H groups in total. The molecule has 0 amide bonds. The fraction of sp³-hybridized carbons (Fsp3) is 0.167. The number of anilines is 1. The van der Waals surface area contributed by atoms with Gasteiger partial charge >= 0.3 is 0 Å². The lowest BCUT2D eigenvalue weighted by Gasteiger charge is -2.07. The molecule has 0 aliphatic rings. The minimum atomic E-state index is 0.513. The third-order valence-corrected chi connectivity index (χ3v) is 2.28. The molecule has 16 heavy (non-hydrogen) atoms. The Morgan fingerprint density at radius 2 is 2.19 bits per heavy atom. The number of hydrogen-bond donors (Lipinski definition) is 2. The second-order valence-corrected chi connectivity index (χ2v) is 3.40. The first-order chi connectivity index (χ1) is 7.85. The van der Waals surface area contributed by atoms with Crippen LogP contribution in [0.25, 0.3) is 10.9 Å². The fourth-order valence-electron chi connectivity index (χ4n) is 1.53. The van der Waals surface area contributed by atoms with E-state index in [9.17, 15) is 0 Å². The monoisotopic (exact) mass is 212 g/mol. The zero-order valence-corrected chi connectivity index (χ0v) is 8.77. The molecule has 0 unspecified atom stereocenters. The van der Waals surface area contributed by atoms with Crippen LogP contribution in [-0.4, -0.2) is 18.1 Å². The van der Waals surface area contributed by atoms with Crippen LogP contribution in [0.2, 0.25) is 0 Å². The Hall–Kier alpha value is -2.12. The molecule has 80 valence electrons. The predicted molar refractivity (Wildman–Crippen MR) is 64.0 cm³/mol. The van der Waals surface area contributed by atoms with Gasteiger partial charge in [0, 0.05) is 18.5 Å². The third-order valence-electron chi connectivity index (χ3n) is 2.28. The van der Waals surface area contributed by atoms with Gasteiger partial charge in [-0.05, 0) is 12.1 Å². The number of para-hydroxylation sites is 1. The second kappa shape index (κ2) is 4.60. The summed E-state index contributed by atoms with van der Waals surface area (Å²) in [5.41, 5.74) is 6.83. The molecule has 2 rings (SSSR count). The van der Waals surface area contributed by atoms with E-state index < -0.39 is 0 Å². The van der Waals surface area contributed by atoms with Crippen molar-refractivity contribution in [2.75, 3.05) is 18.4 Å². The third kappa shape index (κ3) is 1.95. The van der Waals surface area contributed by atoms with Crippen LogP contribution in [0.4, 0.5) is 5.82 Å². The summed E-state index contributed by atoms with van der Waals surface area (Å²) < 4.78 is 0. The highest BCUT2D eigenvalue weighted by atomic mass is 15.0. The molecule has 1 heterocycles. The quantitative estimate of drug-likeness (QED) is 0.808. The number of nitrogens with two attached hydrogens (primary N) is 1. The van der Waals surface area contributed by atoms with Gasteiger partial charge < -0.3 is 11.1 Å². The number of rotatable bonds is 3. The molecule has 0 fully saturated rings. The van der Waals surface area contributed by atoms with Gasteiger partial charge in [-0.1, -0.05) is 18.2 Å². The van der Waals surface area contributed by atoms with Crippen molar-refractivity contribution in [3.8, 4) is 6.07 Å². The number of hydrogen-bond acceptors (Lipinski definition) is 4. The summed E-state index contributed by atoms with van der Waals surface area (Å²) in [7, 11) is 0. The Kier molecular flexibility index (Phi) is 2.99. The molecule has 0 aliphatic heterocycles. The molecule has 4 heteroatoms. The van der Waals surface area contributed by atoms with Crippen LogP contribution in [0.3, 0.4) is 0 Å². The highest BCUT2D eigenvalue weighted by Crippen LogP contribution is 2.19. The lowest BCUT2D eigenvalue weighted by atomic mass is 10.1. The Morgan fingerprint density at radius 3 is 2.94 bits per heavy atom. The molecular weight excluding hydrogens is 200 g/mol. The summed E-state index contributed by atoms with van der Waals surface area (Å²) in [4.78, 5) is 4.39. The van der Waals surface area contributed by atoms with E-state index in [-0.39, 0.29) is 0 Å². The van der Waals surface area contributed by atoms with Gasteiger partial charge in [0.15, 0.2) is 0 Å². The van der Waals surface area contributed by atoms with Crippen LogP contribution in [0.1, 0.15) is 5.56 Å². The molecule has 0 aliphatic carbocycles. The zero-order chi connectivity index (χ0) is 11.4. The van der Waals surface area contributed by atoms with Crippen LogP contribution in [0.5, 0.6) is 0 Å².